The minimum Gasteiger partial charge on any atom is -0.396 e. The van der Waals surface area contributed by atoms with Crippen molar-refractivity contribution >= 4 is 0 Å². The molecule has 0 saturated heterocycles. The van der Waals surface area contributed by atoms with Crippen molar-refractivity contribution in [1.82, 2.24) is 4.90 Å². The molecular weight excluding hydrogens is 270 g/mol. The Kier molecular flexibility index (Phi) is 9.42. The Bertz CT molecular complexity index is 377. The first-order valence-electron chi connectivity index (χ1n) is 9.01. The van der Waals surface area contributed by atoms with Gasteiger partial charge in [-0.05, 0) is 32.5 Å². The molecule has 0 radical (unpaired) electrons. The highest BCUT2D eigenvalue weighted by molar-refractivity contribution is 5.24. The molecule has 2 nitrogen and oxygen atoms in total. The maximum absolute atomic E-state index is 9.59. The summed E-state index contributed by atoms with van der Waals surface area (Å²) in [6.45, 7) is 2.50. The smallest absolute Gasteiger partial charge is 0.0476 e. The van der Waals surface area contributed by atoms with E-state index in [1.54, 1.807) is 0 Å². The fourth-order valence-electron chi connectivity index (χ4n) is 3.43. The number of hydrogen-bond donors (Lipinski definition) is 1. The first-order valence-corrected chi connectivity index (χ1v) is 9.01. The molecule has 0 saturated carbocycles. The van der Waals surface area contributed by atoms with E-state index in [1.165, 1.54) is 50.5 Å². The molecule has 0 aromatic heterocycles. The van der Waals surface area contributed by atoms with E-state index >= 15 is 0 Å². The van der Waals surface area contributed by atoms with Gasteiger partial charge in [-0.1, -0.05) is 82.2 Å². The van der Waals surface area contributed by atoms with E-state index in [1.807, 2.05) is 0 Å². The highest BCUT2D eigenvalue weighted by atomic mass is 16.3. The van der Waals surface area contributed by atoms with E-state index in [4.69, 9.17) is 0 Å². The van der Waals surface area contributed by atoms with Crippen LogP contribution in [-0.4, -0.2) is 30.7 Å². The van der Waals surface area contributed by atoms with Gasteiger partial charge in [-0.3, -0.25) is 4.90 Å². The average molecular weight is 306 g/mol. The maximum atomic E-state index is 9.59. The summed E-state index contributed by atoms with van der Waals surface area (Å²) in [5.41, 5.74) is 1.31. The lowest BCUT2D eigenvalue weighted by Crippen LogP contribution is -2.42. The van der Waals surface area contributed by atoms with Crippen molar-refractivity contribution in [2.45, 2.75) is 70.3 Å². The minimum atomic E-state index is -0.0283. The number of aliphatic hydroxyl groups is 1. The van der Waals surface area contributed by atoms with Crippen LogP contribution in [0.5, 0.6) is 0 Å². The first kappa shape index (κ1) is 19.2. The molecule has 1 rings (SSSR count). The van der Waals surface area contributed by atoms with Gasteiger partial charge in [-0.2, -0.15) is 0 Å². The molecule has 0 bridgehead atoms. The number of hydrogen-bond acceptors (Lipinski definition) is 2. The molecule has 1 atom stereocenters. The molecule has 1 aromatic rings. The third-order valence-corrected chi connectivity index (χ3v) is 4.89. The third kappa shape index (κ3) is 5.73. The Morgan fingerprint density at radius 3 is 2.00 bits per heavy atom. The van der Waals surface area contributed by atoms with Gasteiger partial charge in [-0.25, -0.2) is 0 Å². The summed E-state index contributed by atoms with van der Waals surface area (Å²) < 4.78 is 0. The highest BCUT2D eigenvalue weighted by Gasteiger charge is 2.33. The van der Waals surface area contributed by atoms with Crippen LogP contribution < -0.4 is 0 Å². The summed E-state index contributed by atoms with van der Waals surface area (Å²) in [6, 6.07) is 10.7. The van der Waals surface area contributed by atoms with Crippen LogP contribution >= 0.6 is 0 Å². The van der Waals surface area contributed by atoms with Crippen LogP contribution in [0.3, 0.4) is 0 Å². The van der Waals surface area contributed by atoms with Crippen LogP contribution in [0.1, 0.15) is 70.3 Å². The molecule has 0 aliphatic rings. The van der Waals surface area contributed by atoms with Crippen molar-refractivity contribution in [3.63, 3.8) is 0 Å². The molecule has 1 aromatic carbocycles. The molecule has 0 spiro atoms. The lowest BCUT2D eigenvalue weighted by Gasteiger charge is -2.40. The summed E-state index contributed by atoms with van der Waals surface area (Å²) in [5, 5.41) is 9.59. The van der Waals surface area contributed by atoms with E-state index in [0.29, 0.717) is 0 Å². The fraction of sp³-hybridized carbons (Fsp3) is 0.700. The highest BCUT2D eigenvalue weighted by Crippen LogP contribution is 2.35. The Balaban J connectivity index is 2.59. The normalized spacial score (nSPS) is 14.2. The zero-order valence-corrected chi connectivity index (χ0v) is 14.9. The average Bonchev–Trinajstić information content (AvgIpc) is 2.53. The summed E-state index contributed by atoms with van der Waals surface area (Å²) in [7, 11) is 4.29. The zero-order chi connectivity index (χ0) is 16.3. The summed E-state index contributed by atoms with van der Waals surface area (Å²) >= 11 is 0. The van der Waals surface area contributed by atoms with Gasteiger partial charge in [0.2, 0.25) is 0 Å². The second-order valence-corrected chi connectivity index (χ2v) is 6.64. The van der Waals surface area contributed by atoms with Crippen LogP contribution in [0.25, 0.3) is 0 Å². The molecule has 0 fully saturated rings. The minimum absolute atomic E-state index is 0.0283. The number of rotatable bonds is 12. The number of unbranched alkanes of at least 4 members (excludes halogenated alkanes) is 6. The van der Waals surface area contributed by atoms with Crippen LogP contribution in [0.4, 0.5) is 0 Å². The molecule has 0 aliphatic heterocycles. The van der Waals surface area contributed by atoms with Gasteiger partial charge in [0.05, 0.1) is 0 Å². The second kappa shape index (κ2) is 10.8. The zero-order valence-electron chi connectivity index (χ0n) is 14.9. The predicted molar refractivity (Wildman–Crippen MR) is 96.1 cm³/mol. The summed E-state index contributed by atoms with van der Waals surface area (Å²) in [5.74, 6) is 0. The van der Waals surface area contributed by atoms with Crippen LogP contribution in [0.15, 0.2) is 30.3 Å². The summed E-state index contributed by atoms with van der Waals surface area (Å²) in [4.78, 5) is 2.30. The number of benzene rings is 1. The lowest BCUT2D eigenvalue weighted by molar-refractivity contribution is 0.0934. The van der Waals surface area contributed by atoms with Crippen molar-refractivity contribution < 1.29 is 5.11 Å². The molecule has 0 heterocycles. The number of aliphatic hydroxyl groups excluding tert-OH is 1. The maximum Gasteiger partial charge on any atom is 0.0476 e. The Morgan fingerprint density at radius 2 is 1.45 bits per heavy atom. The van der Waals surface area contributed by atoms with E-state index in [9.17, 15) is 5.11 Å². The molecule has 0 amide bonds. The quantitative estimate of drug-likeness (QED) is 0.551. The van der Waals surface area contributed by atoms with Crippen molar-refractivity contribution in [3.8, 4) is 0 Å². The Labute approximate surface area is 137 Å². The van der Waals surface area contributed by atoms with Gasteiger partial charge >= 0.3 is 0 Å². The molecule has 0 aliphatic carbocycles. The lowest BCUT2D eigenvalue weighted by atomic mass is 9.81. The predicted octanol–water partition coefficient (Wildman–Crippen LogP) is 4.97. The van der Waals surface area contributed by atoms with Crippen molar-refractivity contribution in [2.24, 2.45) is 0 Å². The number of nitrogens with zero attached hydrogens (tertiary/aromatic N) is 1. The molecular formula is C20H35NO. The summed E-state index contributed by atoms with van der Waals surface area (Å²) in [6.07, 6.45) is 11.2. The van der Waals surface area contributed by atoms with Gasteiger partial charge in [0.25, 0.3) is 0 Å². The van der Waals surface area contributed by atoms with Crippen molar-refractivity contribution in [2.75, 3.05) is 20.7 Å². The second-order valence-electron chi connectivity index (χ2n) is 6.64. The largest absolute Gasteiger partial charge is 0.396 e. The molecule has 2 heteroatoms. The van der Waals surface area contributed by atoms with E-state index in [-0.39, 0.29) is 12.1 Å². The molecule has 1 N–H and O–H groups in total. The van der Waals surface area contributed by atoms with Crippen LogP contribution in [-0.2, 0) is 5.54 Å². The molecule has 1 unspecified atom stereocenters. The Hall–Kier alpha value is -0.860. The standard InChI is InChI=1S/C20H35NO/c1-4-5-6-7-8-9-13-16-20(17-18-22,21(2)3)19-14-11-10-12-15-19/h10-12,14-15,22H,4-9,13,16-18H2,1-3H3. The van der Waals surface area contributed by atoms with Crippen molar-refractivity contribution in [1.29, 1.82) is 0 Å². The van der Waals surface area contributed by atoms with Gasteiger partial charge in [0.1, 0.15) is 0 Å². The topological polar surface area (TPSA) is 23.5 Å². The SMILES string of the molecule is CCCCCCCCCC(CCO)(c1ccccc1)N(C)C. The van der Waals surface area contributed by atoms with Gasteiger partial charge in [-0.15, -0.1) is 0 Å². The van der Waals surface area contributed by atoms with E-state index in [0.717, 1.165) is 12.8 Å². The monoisotopic (exact) mass is 305 g/mol. The molecule has 22 heavy (non-hydrogen) atoms. The van der Waals surface area contributed by atoms with Crippen LogP contribution in [0, 0.1) is 0 Å². The van der Waals surface area contributed by atoms with Gasteiger partial charge in [0.15, 0.2) is 0 Å². The van der Waals surface area contributed by atoms with Gasteiger partial charge < -0.3 is 5.11 Å². The molecule has 126 valence electrons. The van der Waals surface area contributed by atoms with E-state index < -0.39 is 0 Å². The first-order chi connectivity index (χ1) is 10.7. The van der Waals surface area contributed by atoms with Crippen LogP contribution in [0.2, 0.25) is 0 Å². The van der Waals surface area contributed by atoms with E-state index in [2.05, 4.69) is 56.3 Å². The van der Waals surface area contributed by atoms with Gasteiger partial charge in [0, 0.05) is 12.1 Å². The van der Waals surface area contributed by atoms with Crippen molar-refractivity contribution in [3.05, 3.63) is 35.9 Å². The third-order valence-electron chi connectivity index (χ3n) is 4.89. The fourth-order valence-corrected chi connectivity index (χ4v) is 3.43. The Morgan fingerprint density at radius 1 is 0.864 bits per heavy atom.